The van der Waals surface area contributed by atoms with Gasteiger partial charge in [-0.3, -0.25) is 14.3 Å². The summed E-state index contributed by atoms with van der Waals surface area (Å²) < 4.78 is 8.59. The normalized spacial score (nSPS) is 32.9. The second-order valence-electron chi connectivity index (χ2n) is 4.04. The van der Waals surface area contributed by atoms with Crippen molar-refractivity contribution in [3.8, 4) is 0 Å². The lowest BCUT2D eigenvalue weighted by Gasteiger charge is -2.17. The number of ether oxygens (including phenoxy) is 1. The molecule has 0 radical (unpaired) electrons. The summed E-state index contributed by atoms with van der Waals surface area (Å²) in [7, 11) is 0. The maximum absolute atomic E-state index is 11.7. The Morgan fingerprint density at radius 2 is 2.24 bits per heavy atom. The standard InChI is InChI=1S/C10H12I2N2O3/c1-5-8(12)6(4-11)17-9(5)14-3-2-7(15)13-10(14)16/h2-3,5-6,8-9H,4H2,1H3,(H,13,15,16)/t5-,6+,8+,9+/m0/s1. The molecule has 2 rings (SSSR count). The molecule has 1 saturated heterocycles. The van der Waals surface area contributed by atoms with Crippen molar-refractivity contribution >= 4 is 45.2 Å². The Kier molecular flexibility index (Phi) is 4.29. The van der Waals surface area contributed by atoms with Crippen molar-refractivity contribution in [1.29, 1.82) is 0 Å². The topological polar surface area (TPSA) is 64.1 Å². The molecular formula is C10H12I2N2O3. The van der Waals surface area contributed by atoms with Crippen LogP contribution in [0.25, 0.3) is 0 Å². The summed E-state index contributed by atoms with van der Waals surface area (Å²) in [6.45, 7) is 2.06. The Labute approximate surface area is 125 Å². The van der Waals surface area contributed by atoms with Crippen molar-refractivity contribution in [1.82, 2.24) is 9.55 Å². The van der Waals surface area contributed by atoms with Crippen molar-refractivity contribution in [3.63, 3.8) is 0 Å². The molecular weight excluding hydrogens is 450 g/mol. The fraction of sp³-hybridized carbons (Fsp3) is 0.600. The Morgan fingerprint density at radius 3 is 2.76 bits per heavy atom. The second-order valence-corrected chi connectivity index (χ2v) is 6.36. The van der Waals surface area contributed by atoms with Gasteiger partial charge in [-0.15, -0.1) is 0 Å². The number of H-pyrrole nitrogens is 1. The predicted octanol–water partition coefficient (Wildman–Crippen LogP) is 1.31. The monoisotopic (exact) mass is 462 g/mol. The van der Waals surface area contributed by atoms with Gasteiger partial charge in [-0.25, -0.2) is 4.79 Å². The third-order valence-electron chi connectivity index (χ3n) is 2.90. The highest BCUT2D eigenvalue weighted by Crippen LogP contribution is 2.38. The third kappa shape index (κ3) is 2.60. The lowest BCUT2D eigenvalue weighted by molar-refractivity contribution is -0.00230. The summed E-state index contributed by atoms with van der Waals surface area (Å²) in [4.78, 5) is 25.0. The lowest BCUT2D eigenvalue weighted by atomic mass is 10.1. The van der Waals surface area contributed by atoms with E-state index < -0.39 is 5.69 Å². The summed E-state index contributed by atoms with van der Waals surface area (Å²) in [5, 5.41) is 0. The fourth-order valence-electron chi connectivity index (χ4n) is 1.94. The van der Waals surface area contributed by atoms with Crippen LogP contribution in [0, 0.1) is 5.92 Å². The number of rotatable bonds is 2. The zero-order chi connectivity index (χ0) is 12.6. The van der Waals surface area contributed by atoms with Crippen LogP contribution in [-0.4, -0.2) is 24.0 Å². The van der Waals surface area contributed by atoms with Crippen LogP contribution in [0.2, 0.25) is 0 Å². The van der Waals surface area contributed by atoms with Crippen LogP contribution in [0.5, 0.6) is 0 Å². The maximum atomic E-state index is 11.7. The zero-order valence-electron chi connectivity index (χ0n) is 9.10. The molecule has 17 heavy (non-hydrogen) atoms. The van der Waals surface area contributed by atoms with Crippen LogP contribution >= 0.6 is 45.2 Å². The molecule has 0 aromatic carbocycles. The van der Waals surface area contributed by atoms with Gasteiger partial charge in [0.05, 0.1) is 6.10 Å². The van der Waals surface area contributed by atoms with Gasteiger partial charge in [0.1, 0.15) is 6.23 Å². The molecule has 1 aliphatic heterocycles. The minimum Gasteiger partial charge on any atom is -0.352 e. The van der Waals surface area contributed by atoms with E-state index in [-0.39, 0.29) is 23.8 Å². The summed E-state index contributed by atoms with van der Waals surface area (Å²) >= 11 is 4.65. The highest BCUT2D eigenvalue weighted by Gasteiger charge is 2.40. The third-order valence-corrected chi connectivity index (χ3v) is 5.70. The maximum Gasteiger partial charge on any atom is 0.330 e. The van der Waals surface area contributed by atoms with Crippen molar-refractivity contribution < 1.29 is 4.74 Å². The summed E-state index contributed by atoms with van der Waals surface area (Å²) in [5.74, 6) is 0.235. The Morgan fingerprint density at radius 1 is 1.53 bits per heavy atom. The number of nitrogens with one attached hydrogen (secondary N) is 1. The first-order valence-corrected chi connectivity index (χ1v) is 7.98. The van der Waals surface area contributed by atoms with Gasteiger partial charge in [-0.2, -0.15) is 0 Å². The van der Waals surface area contributed by atoms with E-state index in [1.54, 1.807) is 0 Å². The number of hydrogen-bond donors (Lipinski definition) is 1. The van der Waals surface area contributed by atoms with Crippen LogP contribution in [0.3, 0.4) is 0 Å². The highest BCUT2D eigenvalue weighted by atomic mass is 127. The van der Waals surface area contributed by atoms with Crippen LogP contribution in [0.15, 0.2) is 21.9 Å². The average Bonchev–Trinajstić information content (AvgIpc) is 2.57. The van der Waals surface area contributed by atoms with Crippen LogP contribution in [0.4, 0.5) is 0 Å². The first kappa shape index (κ1) is 13.5. The Balaban J connectivity index is 2.35. The molecule has 2 heterocycles. The van der Waals surface area contributed by atoms with Crippen LogP contribution < -0.4 is 11.2 Å². The molecule has 4 atom stereocenters. The molecule has 0 bridgehead atoms. The van der Waals surface area contributed by atoms with E-state index in [0.29, 0.717) is 3.92 Å². The van der Waals surface area contributed by atoms with Gasteiger partial charge < -0.3 is 4.74 Å². The fourth-order valence-corrected chi connectivity index (χ4v) is 4.45. The number of alkyl halides is 2. The molecule has 1 aromatic rings. The summed E-state index contributed by atoms with van der Waals surface area (Å²) in [6, 6.07) is 1.34. The van der Waals surface area contributed by atoms with Gasteiger partial charge in [-0.05, 0) is 0 Å². The zero-order valence-corrected chi connectivity index (χ0v) is 13.4. The summed E-state index contributed by atoms with van der Waals surface area (Å²) in [5.41, 5.74) is -0.791. The molecule has 0 saturated carbocycles. The number of hydrogen-bond acceptors (Lipinski definition) is 3. The molecule has 0 amide bonds. The SMILES string of the molecule is C[C@H]1[C@@H](I)[C@@H](CI)O[C@H]1n1ccc(=O)[nH]c1=O. The van der Waals surface area contributed by atoms with E-state index in [9.17, 15) is 9.59 Å². The first-order chi connectivity index (χ1) is 8.04. The number of aromatic amines is 1. The summed E-state index contributed by atoms with van der Waals surface area (Å²) in [6.07, 6.45) is 1.36. The molecule has 0 spiro atoms. The van der Waals surface area contributed by atoms with E-state index in [2.05, 4.69) is 57.1 Å². The minimum absolute atomic E-state index is 0.148. The average molecular weight is 462 g/mol. The highest BCUT2D eigenvalue weighted by molar-refractivity contribution is 14.1. The van der Waals surface area contributed by atoms with Crippen LogP contribution in [0.1, 0.15) is 13.2 Å². The number of halogens is 2. The largest absolute Gasteiger partial charge is 0.352 e. The van der Waals surface area contributed by atoms with Gasteiger partial charge in [0.25, 0.3) is 5.56 Å². The van der Waals surface area contributed by atoms with Crippen molar-refractivity contribution in [2.45, 2.75) is 23.2 Å². The molecule has 0 aliphatic carbocycles. The van der Waals surface area contributed by atoms with E-state index in [4.69, 9.17) is 4.74 Å². The van der Waals surface area contributed by atoms with Crippen molar-refractivity contribution in [3.05, 3.63) is 33.1 Å². The first-order valence-electron chi connectivity index (χ1n) is 5.21. The van der Waals surface area contributed by atoms with Gasteiger partial charge >= 0.3 is 5.69 Å². The molecule has 94 valence electrons. The smallest absolute Gasteiger partial charge is 0.330 e. The van der Waals surface area contributed by atoms with E-state index in [0.717, 1.165) is 4.43 Å². The molecule has 5 nitrogen and oxygen atoms in total. The molecule has 1 aromatic heterocycles. The van der Waals surface area contributed by atoms with Crippen LogP contribution in [-0.2, 0) is 4.74 Å². The van der Waals surface area contributed by atoms with Crippen molar-refractivity contribution in [2.75, 3.05) is 4.43 Å². The minimum atomic E-state index is -0.410. The lowest BCUT2D eigenvalue weighted by Crippen LogP contribution is -2.33. The molecule has 1 N–H and O–H groups in total. The second kappa shape index (κ2) is 5.39. The molecule has 0 unspecified atom stereocenters. The van der Waals surface area contributed by atoms with Gasteiger partial charge in [0.15, 0.2) is 0 Å². The molecule has 1 aliphatic rings. The van der Waals surface area contributed by atoms with E-state index in [1.807, 2.05) is 0 Å². The number of aromatic nitrogens is 2. The quantitative estimate of drug-likeness (QED) is 0.533. The number of nitrogens with zero attached hydrogens (tertiary/aromatic N) is 1. The van der Waals surface area contributed by atoms with Gasteiger partial charge in [0, 0.05) is 26.5 Å². The predicted molar refractivity (Wildman–Crippen MR) is 81.1 cm³/mol. The van der Waals surface area contributed by atoms with E-state index in [1.165, 1.54) is 16.8 Å². The van der Waals surface area contributed by atoms with Gasteiger partial charge in [-0.1, -0.05) is 52.1 Å². The molecule has 1 fully saturated rings. The Bertz CT molecular complexity index is 513. The van der Waals surface area contributed by atoms with E-state index >= 15 is 0 Å². The van der Waals surface area contributed by atoms with Crippen molar-refractivity contribution in [2.24, 2.45) is 5.92 Å². The molecule has 7 heteroatoms. The van der Waals surface area contributed by atoms with Gasteiger partial charge in [0.2, 0.25) is 0 Å². The Hall–Kier alpha value is 0.1000.